The van der Waals surface area contributed by atoms with Gasteiger partial charge in [-0.25, -0.2) is 15.7 Å². The normalized spacial score (nSPS) is 14.2. The van der Waals surface area contributed by atoms with Crippen LogP contribution in [0.25, 0.3) is 5.57 Å². The average Bonchev–Trinajstić information content (AvgIpc) is 3.29. The number of nitrogens with two attached hydrogens (primary N) is 1. The molecule has 0 aliphatic heterocycles. The minimum atomic E-state index is -1.11. The van der Waals surface area contributed by atoms with Crippen LogP contribution < -0.4 is 5.90 Å². The van der Waals surface area contributed by atoms with Crippen LogP contribution in [0, 0.1) is 5.41 Å². The first kappa shape index (κ1) is 22.5. The third-order valence-electron chi connectivity index (χ3n) is 5.54. The van der Waals surface area contributed by atoms with Gasteiger partial charge < -0.3 is 9.67 Å². The van der Waals surface area contributed by atoms with E-state index in [4.69, 9.17) is 10.7 Å². The molecule has 31 heavy (non-hydrogen) atoms. The summed E-state index contributed by atoms with van der Waals surface area (Å²) in [6, 6.07) is 20.4. The molecule has 0 aliphatic carbocycles. The summed E-state index contributed by atoms with van der Waals surface area (Å²) in [5.41, 5.74) is 2.67. The van der Waals surface area contributed by atoms with Gasteiger partial charge in [-0.2, -0.15) is 0 Å². The van der Waals surface area contributed by atoms with E-state index in [1.54, 1.807) is 6.20 Å². The van der Waals surface area contributed by atoms with Crippen molar-refractivity contribution in [2.45, 2.75) is 38.8 Å². The maximum atomic E-state index is 11.6. The van der Waals surface area contributed by atoms with Gasteiger partial charge in [0, 0.05) is 17.8 Å². The van der Waals surface area contributed by atoms with Gasteiger partial charge in [-0.3, -0.25) is 4.84 Å². The van der Waals surface area contributed by atoms with Gasteiger partial charge in [0.05, 0.1) is 12.4 Å². The molecule has 162 valence electrons. The number of nitrogens with zero attached hydrogens (tertiary/aromatic N) is 2. The number of hydrogen-bond acceptors (Lipinski definition) is 4. The molecule has 3 rings (SSSR count). The van der Waals surface area contributed by atoms with E-state index in [1.165, 1.54) is 5.56 Å². The van der Waals surface area contributed by atoms with Crippen molar-refractivity contribution in [1.82, 2.24) is 9.55 Å². The van der Waals surface area contributed by atoms with Crippen LogP contribution in [0.1, 0.15) is 37.4 Å². The Hall–Kier alpha value is -3.22. The van der Waals surface area contributed by atoms with Crippen LogP contribution in [0.5, 0.6) is 0 Å². The molecule has 6 nitrogen and oxygen atoms in total. The predicted molar refractivity (Wildman–Crippen MR) is 121 cm³/mol. The van der Waals surface area contributed by atoms with Crippen LogP contribution in [0.2, 0.25) is 0 Å². The molecule has 1 aromatic heterocycles. The predicted octanol–water partition coefficient (Wildman–Crippen LogP) is 4.51. The lowest BCUT2D eigenvalue weighted by Gasteiger charge is -2.30. The molecule has 6 heteroatoms. The van der Waals surface area contributed by atoms with E-state index in [0.717, 1.165) is 17.6 Å². The Morgan fingerprint density at radius 2 is 1.81 bits per heavy atom. The van der Waals surface area contributed by atoms with Crippen molar-refractivity contribution in [2.75, 3.05) is 0 Å². The number of carbonyl (C=O) groups is 1. The number of imidazole rings is 1. The number of allylic oxidation sites excluding steroid dienone is 2. The summed E-state index contributed by atoms with van der Waals surface area (Å²) < 4.78 is 2.09. The molecule has 2 atom stereocenters. The van der Waals surface area contributed by atoms with Crippen LogP contribution in [0.15, 0.2) is 85.5 Å². The lowest BCUT2D eigenvalue weighted by molar-refractivity contribution is -0.159. The molecular weight excluding hydrogens is 390 g/mol. The van der Waals surface area contributed by atoms with Crippen molar-refractivity contribution in [2.24, 2.45) is 11.3 Å². The molecule has 3 N–H and O–H groups in total. The van der Waals surface area contributed by atoms with Crippen molar-refractivity contribution >= 4 is 11.5 Å². The fourth-order valence-electron chi connectivity index (χ4n) is 3.80. The van der Waals surface area contributed by atoms with Gasteiger partial charge in [0.2, 0.25) is 0 Å². The second-order valence-electron chi connectivity index (χ2n) is 8.29. The summed E-state index contributed by atoms with van der Waals surface area (Å²) in [7, 11) is 0. The van der Waals surface area contributed by atoms with Crippen LogP contribution in [-0.4, -0.2) is 26.7 Å². The van der Waals surface area contributed by atoms with E-state index in [-0.39, 0.29) is 6.04 Å². The highest BCUT2D eigenvalue weighted by molar-refractivity contribution is 5.74. The third-order valence-corrected chi connectivity index (χ3v) is 5.54. The van der Waals surface area contributed by atoms with E-state index < -0.39 is 17.5 Å². The second kappa shape index (κ2) is 10.2. The zero-order valence-corrected chi connectivity index (χ0v) is 17.9. The van der Waals surface area contributed by atoms with Gasteiger partial charge in [0.1, 0.15) is 0 Å². The van der Waals surface area contributed by atoms with Crippen molar-refractivity contribution in [3.05, 3.63) is 96.6 Å². The third kappa shape index (κ3) is 5.69. The monoisotopic (exact) mass is 419 g/mol. The molecule has 0 fully saturated rings. The van der Waals surface area contributed by atoms with Crippen molar-refractivity contribution < 1.29 is 14.7 Å². The summed E-state index contributed by atoms with van der Waals surface area (Å²) in [6.45, 7) is 3.70. The molecule has 2 aromatic carbocycles. The first-order chi connectivity index (χ1) is 14.9. The number of aromatic nitrogens is 2. The Kier molecular flexibility index (Phi) is 7.39. The molecule has 3 aromatic rings. The van der Waals surface area contributed by atoms with E-state index in [2.05, 4.69) is 39.9 Å². The summed E-state index contributed by atoms with van der Waals surface area (Å²) >= 11 is 0. The van der Waals surface area contributed by atoms with Crippen LogP contribution in [0.4, 0.5) is 0 Å². The zero-order chi connectivity index (χ0) is 22.3. The summed E-state index contributed by atoms with van der Waals surface area (Å²) in [6.07, 6.45) is 7.79. The maximum Gasteiger partial charge on any atom is 0.335 e. The van der Waals surface area contributed by atoms with Crippen LogP contribution in [-0.2, 0) is 16.1 Å². The Morgan fingerprint density at radius 1 is 1.16 bits per heavy atom. The largest absolute Gasteiger partial charge is 0.479 e. The average molecular weight is 420 g/mol. The van der Waals surface area contributed by atoms with E-state index in [0.29, 0.717) is 6.42 Å². The summed E-state index contributed by atoms with van der Waals surface area (Å²) in [5, 5.41) is 9.51. The number of hydrogen-bond donors (Lipinski definition) is 2. The summed E-state index contributed by atoms with van der Waals surface area (Å²) in [5.74, 6) is 4.23. The van der Waals surface area contributed by atoms with Crippen LogP contribution in [0.3, 0.4) is 0 Å². The Balaban J connectivity index is 2.04. The molecule has 0 saturated carbocycles. The lowest BCUT2D eigenvalue weighted by atomic mass is 9.81. The van der Waals surface area contributed by atoms with Gasteiger partial charge >= 0.3 is 5.97 Å². The molecule has 0 aliphatic rings. The van der Waals surface area contributed by atoms with Gasteiger partial charge in [0.25, 0.3) is 0 Å². The molecule has 2 unspecified atom stereocenters. The first-order valence-corrected chi connectivity index (χ1v) is 10.3. The lowest BCUT2D eigenvalue weighted by Crippen LogP contribution is -2.40. The Bertz CT molecular complexity index is 983. The van der Waals surface area contributed by atoms with Gasteiger partial charge in [-0.05, 0) is 29.5 Å². The van der Waals surface area contributed by atoms with Gasteiger partial charge in [-0.1, -0.05) is 80.6 Å². The minimum absolute atomic E-state index is 0.00910. The molecule has 0 saturated heterocycles. The molecular formula is C25H29N3O3. The Labute approximate surface area is 183 Å². The van der Waals surface area contributed by atoms with Gasteiger partial charge in [-0.15, -0.1) is 0 Å². The van der Waals surface area contributed by atoms with E-state index >= 15 is 0 Å². The standard InChI is InChI=1S/C25H29N3O3/c1-25(2,23(31-26)24(29)30)14-13-21(20-11-7-4-8-12-20)22(28-16-15-27-18-28)17-19-9-5-3-6-10-19/h3-13,15-16,18,22-23H,14,17,26H2,1-2H3,(H,29,30). The molecule has 0 spiro atoms. The Morgan fingerprint density at radius 3 is 2.35 bits per heavy atom. The smallest absolute Gasteiger partial charge is 0.335 e. The highest BCUT2D eigenvalue weighted by atomic mass is 16.6. The molecule has 1 heterocycles. The van der Waals surface area contributed by atoms with E-state index in [9.17, 15) is 9.90 Å². The van der Waals surface area contributed by atoms with Gasteiger partial charge in [0.15, 0.2) is 6.10 Å². The fourth-order valence-corrected chi connectivity index (χ4v) is 3.80. The van der Waals surface area contributed by atoms with Crippen molar-refractivity contribution in [3.63, 3.8) is 0 Å². The molecule has 0 radical (unpaired) electrons. The SMILES string of the molecule is CC(C)(CC=C(c1ccccc1)C(Cc1ccccc1)n1ccnc1)C(ON)C(=O)O. The number of rotatable bonds is 10. The number of aliphatic carboxylic acids is 1. The molecule has 0 bridgehead atoms. The topological polar surface area (TPSA) is 90.4 Å². The fraction of sp³-hybridized carbons (Fsp3) is 0.280. The highest BCUT2D eigenvalue weighted by Gasteiger charge is 2.35. The van der Waals surface area contributed by atoms with Crippen molar-refractivity contribution in [3.8, 4) is 0 Å². The van der Waals surface area contributed by atoms with E-state index in [1.807, 2.05) is 62.8 Å². The second-order valence-corrected chi connectivity index (χ2v) is 8.29. The number of carboxylic acids is 1. The maximum absolute atomic E-state index is 11.6. The zero-order valence-electron chi connectivity index (χ0n) is 17.9. The molecule has 0 amide bonds. The first-order valence-electron chi connectivity index (χ1n) is 10.3. The summed E-state index contributed by atoms with van der Waals surface area (Å²) in [4.78, 5) is 20.7. The minimum Gasteiger partial charge on any atom is -0.479 e. The number of carboxylic acid groups (broad SMARTS) is 1. The highest BCUT2D eigenvalue weighted by Crippen LogP contribution is 2.35. The van der Waals surface area contributed by atoms with Crippen LogP contribution >= 0.6 is 0 Å². The number of benzene rings is 2. The van der Waals surface area contributed by atoms with Crippen molar-refractivity contribution in [1.29, 1.82) is 0 Å². The quantitative estimate of drug-likeness (QED) is 0.472.